The Morgan fingerprint density at radius 1 is 1.03 bits per heavy atom. The number of ether oxygens (including phenoxy) is 1. The number of phosphoric ester groups is 3. The summed E-state index contributed by atoms with van der Waals surface area (Å²) in [6.45, 7) is 4.01. The van der Waals surface area contributed by atoms with Crippen LogP contribution < -0.4 is 16.4 Å². The number of anilines is 1. The molecule has 3 rings (SSSR count). The summed E-state index contributed by atoms with van der Waals surface area (Å²) in [6, 6.07) is 0. The quantitative estimate of drug-likeness (QED) is 0.0285. The van der Waals surface area contributed by atoms with Crippen LogP contribution in [0.1, 0.15) is 59.6 Å². The third-order valence-electron chi connectivity index (χ3n) is 8.46. The normalized spacial score (nSPS) is 20.8. The SMILES string of the molecule is CC(C)=CCC/C(=C\C(=O)SCCNC(=O)CCNC(=O)[C@H](O)C(C)(C)COP(=O)(O)OP(=O)(O)OC[C@H]1O[C@@H](n2cnc3c(N)ncnc32)[C@H](O)[C@@H]1OP(=O)(O)O)CC(=O)O. The number of amides is 2. The predicted molar refractivity (Wildman–Crippen MR) is 216 cm³/mol. The number of hydrogen-bond donors (Lipinski definition) is 10. The number of hydrogen-bond acceptors (Lipinski definition) is 19. The molecule has 3 heterocycles. The van der Waals surface area contributed by atoms with Crippen LogP contribution in [0.5, 0.6) is 0 Å². The number of phosphoric acid groups is 3. The lowest BCUT2D eigenvalue weighted by Crippen LogP contribution is -2.46. The van der Waals surface area contributed by atoms with Gasteiger partial charge in [0.25, 0.3) is 0 Å². The Hall–Kier alpha value is -3.49. The van der Waals surface area contributed by atoms with E-state index in [1.807, 2.05) is 19.9 Å². The van der Waals surface area contributed by atoms with Crippen LogP contribution in [0.3, 0.4) is 0 Å². The molecule has 7 atom stereocenters. The second kappa shape index (κ2) is 22.9. The van der Waals surface area contributed by atoms with E-state index < -0.39 is 90.5 Å². The Morgan fingerprint density at radius 3 is 2.35 bits per heavy atom. The van der Waals surface area contributed by atoms with E-state index >= 15 is 0 Å². The minimum Gasteiger partial charge on any atom is -0.481 e. The molecule has 0 spiro atoms. The maximum Gasteiger partial charge on any atom is 0.481 e. The molecule has 2 amide bonds. The van der Waals surface area contributed by atoms with Crippen molar-refractivity contribution in [3.05, 3.63) is 36.0 Å². The molecule has 0 aliphatic carbocycles. The van der Waals surface area contributed by atoms with Crippen LogP contribution in [0, 0.1) is 5.41 Å². The molecule has 1 aliphatic rings. The molecule has 30 heteroatoms. The van der Waals surface area contributed by atoms with Gasteiger partial charge in [0.15, 0.2) is 17.7 Å². The van der Waals surface area contributed by atoms with Gasteiger partial charge in [0.2, 0.25) is 16.9 Å². The van der Waals surface area contributed by atoms with E-state index in [1.165, 1.54) is 19.9 Å². The van der Waals surface area contributed by atoms with E-state index in [0.29, 0.717) is 18.4 Å². The van der Waals surface area contributed by atoms with E-state index in [4.69, 9.17) is 24.6 Å². The summed E-state index contributed by atoms with van der Waals surface area (Å²) in [6.07, 6.45) is -3.18. The molecule has 2 unspecified atom stereocenters. The Kier molecular flexibility index (Phi) is 19.5. The number of aromatic nitrogens is 4. The Balaban J connectivity index is 1.45. The first-order valence-electron chi connectivity index (χ1n) is 18.3. The zero-order chi connectivity index (χ0) is 46.6. The van der Waals surface area contributed by atoms with Gasteiger partial charge in [-0.2, -0.15) is 4.31 Å². The Bertz CT molecular complexity index is 2130. The molecule has 2 aromatic heterocycles. The average Bonchev–Trinajstić information content (AvgIpc) is 3.71. The summed E-state index contributed by atoms with van der Waals surface area (Å²) in [5.74, 6) is -2.47. The fourth-order valence-corrected chi connectivity index (χ4v) is 8.93. The second-order valence-electron chi connectivity index (χ2n) is 14.4. The molecule has 1 fully saturated rings. The van der Waals surface area contributed by atoms with Gasteiger partial charge in [-0.15, -0.1) is 0 Å². The van der Waals surface area contributed by atoms with Crippen molar-refractivity contribution < 1.29 is 90.4 Å². The first-order valence-corrected chi connectivity index (χ1v) is 23.8. The number of fused-ring (bicyclic) bond motifs is 1. The van der Waals surface area contributed by atoms with Crippen LogP contribution in [0.4, 0.5) is 5.82 Å². The number of nitrogens with one attached hydrogen (secondary N) is 2. The minimum absolute atomic E-state index is 0.0191. The summed E-state index contributed by atoms with van der Waals surface area (Å²) in [5, 5.41) is 35.1. The van der Waals surface area contributed by atoms with Gasteiger partial charge in [0.05, 0.1) is 26.0 Å². The molecular formula is C32H50N7O19P3S. The van der Waals surface area contributed by atoms with Crippen LogP contribution in [0.2, 0.25) is 0 Å². The van der Waals surface area contributed by atoms with Gasteiger partial charge in [-0.3, -0.25) is 37.3 Å². The highest BCUT2D eigenvalue weighted by Crippen LogP contribution is 2.61. The number of allylic oxidation sites excluding steroid dienone is 2. The summed E-state index contributed by atoms with van der Waals surface area (Å²) < 4.78 is 62.2. The highest BCUT2D eigenvalue weighted by molar-refractivity contribution is 8.14. The van der Waals surface area contributed by atoms with E-state index in [2.05, 4.69) is 34.4 Å². The number of nitrogens with two attached hydrogens (primary N) is 1. The third-order valence-corrected chi connectivity index (χ3v) is 12.4. The van der Waals surface area contributed by atoms with Crippen molar-refractivity contribution in [2.24, 2.45) is 5.41 Å². The predicted octanol–water partition coefficient (Wildman–Crippen LogP) is 0.812. The first-order chi connectivity index (χ1) is 28.7. The number of aliphatic carboxylic acids is 1. The van der Waals surface area contributed by atoms with Crippen LogP contribution in [0.25, 0.3) is 11.2 Å². The number of carbonyl (C=O) groups excluding carboxylic acids is 3. The van der Waals surface area contributed by atoms with Gasteiger partial charge >= 0.3 is 29.4 Å². The minimum atomic E-state index is -5.60. The fourth-order valence-electron chi connectivity index (χ4n) is 5.44. The van der Waals surface area contributed by atoms with Crippen molar-refractivity contribution in [3.63, 3.8) is 0 Å². The zero-order valence-corrected chi connectivity index (χ0v) is 37.2. The summed E-state index contributed by atoms with van der Waals surface area (Å²) in [5.41, 5.74) is 5.73. The standard InChI is InChI=1S/C32H50N7O19P3S/c1-18(2)6-5-7-19(12-22(41)42)13-23(43)62-11-10-34-21(40)8-9-35-30(46)27(45)32(3,4)15-55-61(52,53)58-60(50,51)54-14-20-26(57-59(47,48)49)25(44)31(56-20)39-17-38-24-28(33)36-16-37-29(24)39/h6,13,16-17,20,25-27,31,44-45H,5,7-12,14-15H2,1-4H3,(H,34,40)(H,35,46)(H,41,42)(H,50,51)(H,52,53)(H2,33,36,37)(H2,47,48,49)/b19-13+/t20-,25-,26-,27+,31-/m1/s1. The van der Waals surface area contributed by atoms with Crippen molar-refractivity contribution in [1.82, 2.24) is 30.2 Å². The third kappa shape index (κ3) is 17.2. The molecule has 26 nitrogen and oxygen atoms in total. The lowest BCUT2D eigenvalue weighted by Gasteiger charge is -2.30. The van der Waals surface area contributed by atoms with Crippen molar-refractivity contribution in [1.29, 1.82) is 0 Å². The molecule has 1 aliphatic heterocycles. The number of carboxylic acids is 1. The number of rotatable bonds is 25. The molecule has 0 radical (unpaired) electrons. The Morgan fingerprint density at radius 2 is 1.71 bits per heavy atom. The highest BCUT2D eigenvalue weighted by atomic mass is 32.2. The van der Waals surface area contributed by atoms with Crippen LogP contribution >= 0.6 is 35.2 Å². The lowest BCUT2D eigenvalue weighted by molar-refractivity contribution is -0.137. The number of nitrogen functional groups attached to an aromatic ring is 1. The zero-order valence-electron chi connectivity index (χ0n) is 33.7. The molecule has 11 N–H and O–H groups in total. The number of imidazole rings is 1. The fraction of sp³-hybridized carbons (Fsp3) is 0.594. The maximum atomic E-state index is 12.7. The van der Waals surface area contributed by atoms with E-state index in [1.54, 1.807) is 0 Å². The second-order valence-corrected chi connectivity index (χ2v) is 19.8. The summed E-state index contributed by atoms with van der Waals surface area (Å²) >= 11 is 0.881. The largest absolute Gasteiger partial charge is 0.481 e. The number of carboxylic acid groups (broad SMARTS) is 1. The molecule has 0 aromatic carbocycles. The summed E-state index contributed by atoms with van der Waals surface area (Å²) in [4.78, 5) is 99.4. The molecule has 348 valence electrons. The van der Waals surface area contributed by atoms with E-state index in [0.717, 1.165) is 34.6 Å². The number of carbonyl (C=O) groups is 4. The molecule has 2 aromatic rings. The van der Waals surface area contributed by atoms with Crippen LogP contribution in [-0.4, -0.2) is 134 Å². The number of thioether (sulfide) groups is 1. The maximum absolute atomic E-state index is 12.7. The van der Waals surface area contributed by atoms with E-state index in [9.17, 15) is 62.7 Å². The monoisotopic (exact) mass is 961 g/mol. The van der Waals surface area contributed by atoms with Crippen molar-refractivity contribution in [3.8, 4) is 0 Å². The number of aliphatic hydroxyl groups excluding tert-OH is 2. The van der Waals surface area contributed by atoms with Crippen LogP contribution in [-0.2, 0) is 55.5 Å². The van der Waals surface area contributed by atoms with Gasteiger partial charge in [-0.05, 0) is 32.8 Å². The smallest absolute Gasteiger partial charge is 0.481 e. The Labute approximate surface area is 358 Å². The molecule has 0 saturated carbocycles. The lowest BCUT2D eigenvalue weighted by atomic mass is 9.87. The van der Waals surface area contributed by atoms with E-state index in [-0.39, 0.29) is 53.8 Å². The molecular weight excluding hydrogens is 911 g/mol. The van der Waals surface area contributed by atoms with Crippen molar-refractivity contribution >= 4 is 75.1 Å². The van der Waals surface area contributed by atoms with Crippen molar-refractivity contribution in [2.75, 3.05) is 37.8 Å². The summed E-state index contributed by atoms with van der Waals surface area (Å²) in [7, 11) is -16.5. The van der Waals surface area contributed by atoms with Gasteiger partial charge in [-0.1, -0.05) is 42.8 Å². The molecule has 1 saturated heterocycles. The topological polar surface area (TPSA) is 401 Å². The van der Waals surface area contributed by atoms with Crippen LogP contribution in [0.15, 0.2) is 36.0 Å². The first kappa shape index (κ1) is 52.9. The number of aliphatic hydroxyl groups is 2. The van der Waals surface area contributed by atoms with Gasteiger partial charge in [0.1, 0.15) is 36.3 Å². The van der Waals surface area contributed by atoms with Gasteiger partial charge in [0, 0.05) is 30.7 Å². The average molecular weight is 962 g/mol. The van der Waals surface area contributed by atoms with Gasteiger partial charge < -0.3 is 56.0 Å². The number of nitrogens with zero attached hydrogens (tertiary/aromatic N) is 4. The molecule has 0 bridgehead atoms. The highest BCUT2D eigenvalue weighted by Gasteiger charge is 2.50. The van der Waals surface area contributed by atoms with Gasteiger partial charge in [-0.25, -0.2) is 28.6 Å². The van der Waals surface area contributed by atoms with Crippen molar-refractivity contribution in [2.45, 2.75) is 84.0 Å². The molecule has 62 heavy (non-hydrogen) atoms.